The first-order chi connectivity index (χ1) is 14.0. The second kappa shape index (κ2) is 10.6. The Labute approximate surface area is 175 Å². The van der Waals surface area contributed by atoms with Crippen LogP contribution in [0.15, 0.2) is 29.3 Å². The van der Waals surface area contributed by atoms with Crippen LogP contribution in [-0.4, -0.2) is 59.9 Å². The minimum atomic E-state index is 0.274. The highest BCUT2D eigenvalue weighted by Crippen LogP contribution is 2.16. The number of hydrogen-bond acceptors (Lipinski definition) is 3. The summed E-state index contributed by atoms with van der Waals surface area (Å²) in [5, 5.41) is 7.01. The van der Waals surface area contributed by atoms with Crippen molar-refractivity contribution in [1.29, 1.82) is 0 Å². The lowest BCUT2D eigenvalue weighted by molar-refractivity contribution is -0.128. The summed E-state index contributed by atoms with van der Waals surface area (Å²) in [5.41, 5.74) is 2.37. The molecule has 160 valence electrons. The standard InChI is InChI=1S/C23H37N5O/c1-4-24-23(26-21-10-13-27(14-11-21)18(2)3)25-16-19-7-5-8-20(15-19)17-28-12-6-9-22(28)29/h5,7-8,15,18,21H,4,6,9-14,16-17H2,1-3H3,(H2,24,25,26). The molecule has 2 saturated heterocycles. The summed E-state index contributed by atoms with van der Waals surface area (Å²) in [5.74, 6) is 1.17. The molecule has 29 heavy (non-hydrogen) atoms. The van der Waals surface area contributed by atoms with Crippen LogP contribution in [0.2, 0.25) is 0 Å². The van der Waals surface area contributed by atoms with Gasteiger partial charge in [-0.05, 0) is 51.2 Å². The Balaban J connectivity index is 1.55. The Morgan fingerprint density at radius 3 is 2.62 bits per heavy atom. The maximum atomic E-state index is 11.9. The molecule has 2 heterocycles. The third kappa shape index (κ3) is 6.46. The van der Waals surface area contributed by atoms with Gasteiger partial charge in [-0.3, -0.25) is 4.79 Å². The highest BCUT2D eigenvalue weighted by molar-refractivity contribution is 5.80. The minimum absolute atomic E-state index is 0.274. The summed E-state index contributed by atoms with van der Waals surface area (Å²) in [6.45, 7) is 12.0. The van der Waals surface area contributed by atoms with Crippen LogP contribution in [0.5, 0.6) is 0 Å². The number of hydrogen-bond donors (Lipinski definition) is 2. The second-order valence-electron chi connectivity index (χ2n) is 8.48. The van der Waals surface area contributed by atoms with E-state index in [9.17, 15) is 4.79 Å². The molecule has 0 atom stereocenters. The van der Waals surface area contributed by atoms with Gasteiger partial charge in [0.2, 0.25) is 5.91 Å². The highest BCUT2D eigenvalue weighted by atomic mass is 16.2. The van der Waals surface area contributed by atoms with Crippen LogP contribution < -0.4 is 10.6 Å². The van der Waals surface area contributed by atoms with Crippen LogP contribution in [0.4, 0.5) is 0 Å². The molecule has 2 fully saturated rings. The van der Waals surface area contributed by atoms with Gasteiger partial charge in [0.1, 0.15) is 0 Å². The van der Waals surface area contributed by atoms with Crippen molar-refractivity contribution in [2.45, 2.75) is 71.6 Å². The van der Waals surface area contributed by atoms with Crippen molar-refractivity contribution in [2.24, 2.45) is 4.99 Å². The zero-order valence-electron chi connectivity index (χ0n) is 18.3. The Kier molecular flexibility index (Phi) is 7.92. The van der Waals surface area contributed by atoms with E-state index in [1.54, 1.807) is 0 Å². The van der Waals surface area contributed by atoms with Crippen LogP contribution in [-0.2, 0) is 17.9 Å². The molecule has 3 rings (SSSR count). The predicted octanol–water partition coefficient (Wildman–Crippen LogP) is 2.74. The molecule has 0 bridgehead atoms. The number of carbonyl (C=O) groups excluding carboxylic acids is 1. The van der Waals surface area contributed by atoms with Crippen LogP contribution in [0.1, 0.15) is 57.6 Å². The molecule has 0 aliphatic carbocycles. The maximum Gasteiger partial charge on any atom is 0.222 e. The average molecular weight is 400 g/mol. The smallest absolute Gasteiger partial charge is 0.222 e. The minimum Gasteiger partial charge on any atom is -0.357 e. The SMILES string of the molecule is CCNC(=NCc1cccc(CN2CCCC2=O)c1)NC1CCN(C(C)C)CC1. The van der Waals surface area contributed by atoms with Crippen molar-refractivity contribution in [3.05, 3.63) is 35.4 Å². The molecule has 2 aliphatic rings. The second-order valence-corrected chi connectivity index (χ2v) is 8.48. The molecular formula is C23H37N5O. The zero-order chi connectivity index (χ0) is 20.6. The van der Waals surface area contributed by atoms with Crippen LogP contribution >= 0.6 is 0 Å². The first-order valence-electron chi connectivity index (χ1n) is 11.2. The van der Waals surface area contributed by atoms with E-state index >= 15 is 0 Å². The third-order valence-corrected chi connectivity index (χ3v) is 5.90. The number of amides is 1. The summed E-state index contributed by atoms with van der Waals surface area (Å²) < 4.78 is 0. The Bertz CT molecular complexity index is 694. The van der Waals surface area contributed by atoms with Gasteiger partial charge in [-0.15, -0.1) is 0 Å². The van der Waals surface area contributed by atoms with E-state index in [0.29, 0.717) is 31.6 Å². The lowest BCUT2D eigenvalue weighted by atomic mass is 10.0. The summed E-state index contributed by atoms with van der Waals surface area (Å²) in [6.07, 6.45) is 3.98. The van der Waals surface area contributed by atoms with Crippen molar-refractivity contribution in [3.8, 4) is 0 Å². The topological polar surface area (TPSA) is 60.0 Å². The van der Waals surface area contributed by atoms with Gasteiger partial charge >= 0.3 is 0 Å². The molecule has 2 aliphatic heterocycles. The fourth-order valence-electron chi connectivity index (χ4n) is 4.16. The van der Waals surface area contributed by atoms with Crippen molar-refractivity contribution in [1.82, 2.24) is 20.4 Å². The van der Waals surface area contributed by atoms with E-state index in [1.165, 1.54) is 11.1 Å². The van der Waals surface area contributed by atoms with Crippen molar-refractivity contribution < 1.29 is 4.79 Å². The Morgan fingerprint density at radius 1 is 1.21 bits per heavy atom. The van der Waals surface area contributed by atoms with Gasteiger partial charge in [0.25, 0.3) is 0 Å². The number of guanidine groups is 1. The first-order valence-corrected chi connectivity index (χ1v) is 11.2. The van der Waals surface area contributed by atoms with Crippen molar-refractivity contribution >= 4 is 11.9 Å². The number of rotatable bonds is 7. The fraction of sp³-hybridized carbons (Fsp3) is 0.652. The number of nitrogens with one attached hydrogen (secondary N) is 2. The zero-order valence-corrected chi connectivity index (χ0v) is 18.3. The van der Waals surface area contributed by atoms with Crippen LogP contribution in [0.3, 0.4) is 0 Å². The summed E-state index contributed by atoms with van der Waals surface area (Å²) >= 11 is 0. The lowest BCUT2D eigenvalue weighted by Gasteiger charge is -2.35. The molecule has 6 nitrogen and oxygen atoms in total. The Morgan fingerprint density at radius 2 is 1.97 bits per heavy atom. The Hall–Kier alpha value is -2.08. The predicted molar refractivity (Wildman–Crippen MR) is 119 cm³/mol. The molecule has 1 aromatic rings. The van der Waals surface area contributed by atoms with E-state index in [0.717, 1.165) is 51.4 Å². The van der Waals surface area contributed by atoms with E-state index < -0.39 is 0 Å². The molecule has 1 aromatic carbocycles. The number of nitrogens with zero attached hydrogens (tertiary/aromatic N) is 3. The average Bonchev–Trinajstić information content (AvgIpc) is 3.11. The molecular weight excluding hydrogens is 362 g/mol. The number of likely N-dealkylation sites (tertiary alicyclic amines) is 2. The van der Waals surface area contributed by atoms with Gasteiger partial charge < -0.3 is 20.4 Å². The normalized spacial score (nSPS) is 19.2. The molecule has 6 heteroatoms. The van der Waals surface area contributed by atoms with Crippen molar-refractivity contribution in [3.63, 3.8) is 0 Å². The number of benzene rings is 1. The summed E-state index contributed by atoms with van der Waals surface area (Å²) in [7, 11) is 0. The molecule has 2 N–H and O–H groups in total. The molecule has 1 amide bonds. The van der Waals surface area contributed by atoms with Gasteiger partial charge in [-0.2, -0.15) is 0 Å². The maximum absolute atomic E-state index is 11.9. The molecule has 0 unspecified atom stereocenters. The van der Waals surface area contributed by atoms with Crippen LogP contribution in [0.25, 0.3) is 0 Å². The quantitative estimate of drug-likeness (QED) is 0.547. The highest BCUT2D eigenvalue weighted by Gasteiger charge is 2.22. The van der Waals surface area contributed by atoms with Gasteiger partial charge in [0.15, 0.2) is 5.96 Å². The van der Waals surface area contributed by atoms with E-state index in [1.807, 2.05) is 4.90 Å². The molecule has 0 saturated carbocycles. The molecule has 0 radical (unpaired) electrons. The monoisotopic (exact) mass is 399 g/mol. The summed E-state index contributed by atoms with van der Waals surface area (Å²) in [4.78, 5) is 21.2. The third-order valence-electron chi connectivity index (χ3n) is 5.90. The van der Waals surface area contributed by atoms with Gasteiger partial charge in [-0.25, -0.2) is 4.99 Å². The van der Waals surface area contributed by atoms with Gasteiger partial charge in [0, 0.05) is 51.2 Å². The summed E-state index contributed by atoms with van der Waals surface area (Å²) in [6, 6.07) is 9.58. The van der Waals surface area contributed by atoms with E-state index in [2.05, 4.69) is 60.6 Å². The lowest BCUT2D eigenvalue weighted by Crippen LogP contribution is -2.49. The largest absolute Gasteiger partial charge is 0.357 e. The number of aliphatic imine (C=N–C) groups is 1. The molecule has 0 aromatic heterocycles. The molecule has 0 spiro atoms. The first kappa shape index (κ1) is 21.6. The van der Waals surface area contributed by atoms with E-state index in [-0.39, 0.29) is 5.91 Å². The number of piperidine rings is 1. The van der Waals surface area contributed by atoms with E-state index in [4.69, 9.17) is 4.99 Å². The van der Waals surface area contributed by atoms with Crippen molar-refractivity contribution in [2.75, 3.05) is 26.2 Å². The number of carbonyl (C=O) groups is 1. The van der Waals surface area contributed by atoms with Crippen LogP contribution in [0, 0.1) is 0 Å². The van der Waals surface area contributed by atoms with Gasteiger partial charge in [-0.1, -0.05) is 24.3 Å². The fourth-order valence-corrected chi connectivity index (χ4v) is 4.16. The van der Waals surface area contributed by atoms with Gasteiger partial charge in [0.05, 0.1) is 6.54 Å².